The average molecular weight is 223 g/mol. The fraction of sp³-hybridized carbons (Fsp3) is 0.200. The molecule has 0 saturated carbocycles. The van der Waals surface area contributed by atoms with Gasteiger partial charge in [0.2, 0.25) is 11.7 Å². The number of nitrogens with zero attached hydrogens (tertiary/aromatic N) is 2. The molecule has 0 aliphatic heterocycles. The van der Waals surface area contributed by atoms with Gasteiger partial charge in [0.15, 0.2) is 0 Å². The van der Waals surface area contributed by atoms with Crippen LogP contribution in [0.25, 0.3) is 11.4 Å². The van der Waals surface area contributed by atoms with Crippen molar-refractivity contribution in [3.63, 3.8) is 0 Å². The highest BCUT2D eigenvalue weighted by atomic mass is 19.1. The molecule has 1 aromatic heterocycles. The maximum Gasteiger partial charge on any atom is 0.240 e. The van der Waals surface area contributed by atoms with Crippen LogP contribution < -0.4 is 10.5 Å². The highest BCUT2D eigenvalue weighted by molar-refractivity contribution is 5.63. The van der Waals surface area contributed by atoms with E-state index in [1.807, 2.05) is 0 Å². The molecule has 84 valence electrons. The summed E-state index contributed by atoms with van der Waals surface area (Å²) in [5.41, 5.74) is 5.78. The standard InChI is InChI=1S/C10H10FN3O2/c1-15-8-3-2-6(11)4-7(8)10-13-9(5-12)16-14-10/h2-4H,5,12H2,1H3. The summed E-state index contributed by atoms with van der Waals surface area (Å²) in [4.78, 5) is 4.00. The van der Waals surface area contributed by atoms with Gasteiger partial charge in [-0.3, -0.25) is 0 Å². The summed E-state index contributed by atoms with van der Waals surface area (Å²) in [5.74, 6) is 0.638. The van der Waals surface area contributed by atoms with Crippen molar-refractivity contribution in [1.29, 1.82) is 0 Å². The molecule has 16 heavy (non-hydrogen) atoms. The Hall–Kier alpha value is -1.95. The van der Waals surface area contributed by atoms with E-state index >= 15 is 0 Å². The van der Waals surface area contributed by atoms with Crippen LogP contribution in [0, 0.1) is 5.82 Å². The van der Waals surface area contributed by atoms with E-state index in [-0.39, 0.29) is 12.4 Å². The van der Waals surface area contributed by atoms with E-state index < -0.39 is 5.82 Å². The van der Waals surface area contributed by atoms with Crippen LogP contribution in [0.5, 0.6) is 5.75 Å². The van der Waals surface area contributed by atoms with Crippen molar-refractivity contribution in [3.8, 4) is 17.1 Å². The van der Waals surface area contributed by atoms with E-state index in [0.717, 1.165) is 0 Å². The zero-order valence-electron chi connectivity index (χ0n) is 8.61. The van der Waals surface area contributed by atoms with Crippen LogP contribution in [0.3, 0.4) is 0 Å². The maximum atomic E-state index is 13.1. The molecule has 0 unspecified atom stereocenters. The SMILES string of the molecule is COc1ccc(F)cc1-c1noc(CN)n1. The van der Waals surface area contributed by atoms with Gasteiger partial charge in [-0.15, -0.1) is 0 Å². The molecule has 5 nitrogen and oxygen atoms in total. The van der Waals surface area contributed by atoms with Crippen LogP contribution in [-0.2, 0) is 6.54 Å². The Bertz CT molecular complexity index is 499. The molecule has 2 aromatic rings. The third-order valence-corrected chi connectivity index (χ3v) is 2.05. The average Bonchev–Trinajstić information content (AvgIpc) is 2.77. The molecular weight excluding hydrogens is 213 g/mol. The Morgan fingerprint density at radius 3 is 2.94 bits per heavy atom. The predicted octanol–water partition coefficient (Wildman–Crippen LogP) is 1.34. The van der Waals surface area contributed by atoms with E-state index in [4.69, 9.17) is 15.0 Å². The first kappa shape index (κ1) is 10.6. The number of halogens is 1. The molecule has 1 heterocycles. The Balaban J connectivity index is 2.49. The Kier molecular flexibility index (Phi) is 2.82. The molecule has 0 aliphatic carbocycles. The molecule has 6 heteroatoms. The van der Waals surface area contributed by atoms with Gasteiger partial charge in [0, 0.05) is 0 Å². The first-order valence-electron chi connectivity index (χ1n) is 4.61. The third-order valence-electron chi connectivity index (χ3n) is 2.05. The first-order chi connectivity index (χ1) is 7.74. The van der Waals surface area contributed by atoms with Crippen LogP contribution in [0.15, 0.2) is 22.7 Å². The Morgan fingerprint density at radius 2 is 2.31 bits per heavy atom. The summed E-state index contributed by atoms with van der Waals surface area (Å²) >= 11 is 0. The zero-order chi connectivity index (χ0) is 11.5. The summed E-state index contributed by atoms with van der Waals surface area (Å²) in [5, 5.41) is 3.69. The largest absolute Gasteiger partial charge is 0.496 e. The first-order valence-corrected chi connectivity index (χ1v) is 4.61. The highest BCUT2D eigenvalue weighted by Crippen LogP contribution is 2.28. The van der Waals surface area contributed by atoms with Crippen molar-refractivity contribution >= 4 is 0 Å². The molecule has 0 radical (unpaired) electrons. The van der Waals surface area contributed by atoms with Crippen LogP contribution in [0.1, 0.15) is 5.89 Å². The molecular formula is C10H10FN3O2. The fourth-order valence-electron chi connectivity index (χ4n) is 1.30. The molecule has 0 spiro atoms. The monoisotopic (exact) mass is 223 g/mol. The number of nitrogens with two attached hydrogens (primary N) is 1. The molecule has 2 N–H and O–H groups in total. The number of benzene rings is 1. The van der Waals surface area contributed by atoms with Gasteiger partial charge in [-0.1, -0.05) is 5.16 Å². The quantitative estimate of drug-likeness (QED) is 0.849. The molecule has 0 saturated heterocycles. The van der Waals surface area contributed by atoms with Crippen molar-refractivity contribution in [2.45, 2.75) is 6.54 Å². The second kappa shape index (κ2) is 4.28. The number of hydrogen-bond donors (Lipinski definition) is 1. The molecule has 1 aromatic carbocycles. The molecule has 0 amide bonds. The summed E-state index contributed by atoms with van der Waals surface area (Å²) in [6.07, 6.45) is 0. The van der Waals surface area contributed by atoms with Gasteiger partial charge in [0.25, 0.3) is 0 Å². The van der Waals surface area contributed by atoms with Crippen LogP contribution in [0.4, 0.5) is 4.39 Å². The molecule has 0 fully saturated rings. The minimum absolute atomic E-state index is 0.143. The number of rotatable bonds is 3. The van der Waals surface area contributed by atoms with Gasteiger partial charge in [-0.05, 0) is 18.2 Å². The fourth-order valence-corrected chi connectivity index (χ4v) is 1.30. The molecule has 0 atom stereocenters. The van der Waals surface area contributed by atoms with Gasteiger partial charge in [0.05, 0.1) is 19.2 Å². The van der Waals surface area contributed by atoms with Crippen molar-refractivity contribution in [2.75, 3.05) is 7.11 Å². The van der Waals surface area contributed by atoms with E-state index in [2.05, 4.69) is 10.1 Å². The summed E-state index contributed by atoms with van der Waals surface area (Å²) in [6.45, 7) is 0.143. The molecule has 0 bridgehead atoms. The highest BCUT2D eigenvalue weighted by Gasteiger charge is 2.13. The zero-order valence-corrected chi connectivity index (χ0v) is 8.61. The Labute approximate surface area is 91.0 Å². The summed E-state index contributed by atoms with van der Waals surface area (Å²) in [6, 6.07) is 4.08. The Morgan fingerprint density at radius 1 is 1.50 bits per heavy atom. The van der Waals surface area contributed by atoms with Crippen molar-refractivity contribution in [2.24, 2.45) is 5.73 Å². The lowest BCUT2D eigenvalue weighted by atomic mass is 10.2. The summed E-state index contributed by atoms with van der Waals surface area (Å²) < 4.78 is 23.0. The lowest BCUT2D eigenvalue weighted by molar-refractivity contribution is 0.379. The molecule has 2 rings (SSSR count). The van der Waals surface area contributed by atoms with Gasteiger partial charge < -0.3 is 15.0 Å². The van der Waals surface area contributed by atoms with E-state index in [1.54, 1.807) is 0 Å². The minimum atomic E-state index is -0.394. The van der Waals surface area contributed by atoms with Crippen LogP contribution in [-0.4, -0.2) is 17.3 Å². The lowest BCUT2D eigenvalue weighted by Crippen LogP contribution is -1.96. The predicted molar refractivity (Wildman–Crippen MR) is 54.1 cm³/mol. The second-order valence-electron chi connectivity index (χ2n) is 3.06. The van der Waals surface area contributed by atoms with E-state index in [0.29, 0.717) is 17.2 Å². The number of aromatic nitrogens is 2. The normalized spacial score (nSPS) is 10.4. The van der Waals surface area contributed by atoms with Gasteiger partial charge in [-0.25, -0.2) is 4.39 Å². The third kappa shape index (κ3) is 1.87. The number of ether oxygens (including phenoxy) is 1. The van der Waals surface area contributed by atoms with Crippen LogP contribution in [0.2, 0.25) is 0 Å². The summed E-state index contributed by atoms with van der Waals surface area (Å²) in [7, 11) is 1.49. The smallest absolute Gasteiger partial charge is 0.240 e. The topological polar surface area (TPSA) is 74.2 Å². The van der Waals surface area contributed by atoms with Gasteiger partial charge in [0.1, 0.15) is 11.6 Å². The van der Waals surface area contributed by atoms with Crippen molar-refractivity contribution < 1.29 is 13.7 Å². The number of hydrogen-bond acceptors (Lipinski definition) is 5. The maximum absolute atomic E-state index is 13.1. The van der Waals surface area contributed by atoms with Crippen molar-refractivity contribution in [3.05, 3.63) is 29.9 Å². The van der Waals surface area contributed by atoms with Gasteiger partial charge >= 0.3 is 0 Å². The lowest BCUT2D eigenvalue weighted by Gasteiger charge is -2.04. The number of methoxy groups -OCH3 is 1. The minimum Gasteiger partial charge on any atom is -0.496 e. The second-order valence-corrected chi connectivity index (χ2v) is 3.06. The van der Waals surface area contributed by atoms with Crippen molar-refractivity contribution in [1.82, 2.24) is 10.1 Å². The van der Waals surface area contributed by atoms with E-state index in [1.165, 1.54) is 25.3 Å². The molecule has 0 aliphatic rings. The van der Waals surface area contributed by atoms with Gasteiger partial charge in [-0.2, -0.15) is 4.98 Å². The van der Waals surface area contributed by atoms with Crippen LogP contribution >= 0.6 is 0 Å². The van der Waals surface area contributed by atoms with E-state index in [9.17, 15) is 4.39 Å².